The van der Waals surface area contributed by atoms with Crippen LogP contribution in [0.1, 0.15) is 32.8 Å². The number of para-hydroxylation sites is 1. The van der Waals surface area contributed by atoms with Crippen LogP contribution >= 0.6 is 24.0 Å². The summed E-state index contributed by atoms with van der Waals surface area (Å²) >= 11 is 6.85. The van der Waals surface area contributed by atoms with Gasteiger partial charge in [-0.2, -0.15) is 5.10 Å². The number of thiocarbonyl (C=S) groups is 1. The van der Waals surface area contributed by atoms with Crippen LogP contribution in [0, 0.1) is 0 Å². The number of hydrogen-bond acceptors (Lipinski definition) is 5. The lowest BCUT2D eigenvalue weighted by molar-refractivity contribution is -0.123. The van der Waals surface area contributed by atoms with Crippen molar-refractivity contribution in [3.63, 3.8) is 0 Å². The van der Waals surface area contributed by atoms with Gasteiger partial charge in [-0.1, -0.05) is 61.2 Å². The van der Waals surface area contributed by atoms with Crippen molar-refractivity contribution in [3.05, 3.63) is 71.3 Å². The molecule has 0 radical (unpaired) electrons. The molecule has 164 valence electrons. The van der Waals surface area contributed by atoms with E-state index < -0.39 is 0 Å². The SMILES string of the molecule is CCOc1cccc(-c2nn(-c3ccccc3)cc2/C=C2\SC(=S)N(C(C)CC)C2=O)c1. The van der Waals surface area contributed by atoms with Gasteiger partial charge in [0.25, 0.3) is 5.91 Å². The minimum Gasteiger partial charge on any atom is -0.494 e. The summed E-state index contributed by atoms with van der Waals surface area (Å²) in [7, 11) is 0. The Kier molecular flexibility index (Phi) is 6.77. The molecule has 1 saturated heterocycles. The fourth-order valence-corrected chi connectivity index (χ4v) is 4.97. The normalized spacial score (nSPS) is 16.1. The Bertz CT molecular complexity index is 1170. The van der Waals surface area contributed by atoms with Crippen molar-refractivity contribution < 1.29 is 9.53 Å². The van der Waals surface area contributed by atoms with Crippen LogP contribution in [0.5, 0.6) is 5.75 Å². The summed E-state index contributed by atoms with van der Waals surface area (Å²) in [5.74, 6) is 0.740. The maximum absolute atomic E-state index is 13.1. The Hall–Kier alpha value is -2.90. The van der Waals surface area contributed by atoms with Gasteiger partial charge in [-0.15, -0.1) is 0 Å². The van der Waals surface area contributed by atoms with E-state index in [1.54, 1.807) is 4.90 Å². The molecular weight excluding hydrogens is 438 g/mol. The quantitative estimate of drug-likeness (QED) is 0.321. The fraction of sp³-hybridized carbons (Fsp3) is 0.240. The van der Waals surface area contributed by atoms with Crippen LogP contribution < -0.4 is 4.74 Å². The highest BCUT2D eigenvalue weighted by atomic mass is 32.2. The predicted molar refractivity (Wildman–Crippen MR) is 135 cm³/mol. The Morgan fingerprint density at radius 1 is 1.16 bits per heavy atom. The van der Waals surface area contributed by atoms with Crippen LogP contribution in [-0.2, 0) is 4.79 Å². The van der Waals surface area contributed by atoms with E-state index in [1.807, 2.05) is 85.4 Å². The number of thioether (sulfide) groups is 1. The molecule has 5 nitrogen and oxygen atoms in total. The third-order valence-corrected chi connectivity index (χ3v) is 6.65. The van der Waals surface area contributed by atoms with Gasteiger partial charge in [-0.25, -0.2) is 4.68 Å². The second-order valence-corrected chi connectivity index (χ2v) is 9.16. The smallest absolute Gasteiger partial charge is 0.266 e. The van der Waals surface area contributed by atoms with Crippen molar-refractivity contribution in [2.75, 3.05) is 6.61 Å². The lowest BCUT2D eigenvalue weighted by atomic mass is 10.1. The molecule has 4 rings (SSSR count). The van der Waals surface area contributed by atoms with Gasteiger partial charge in [0.1, 0.15) is 15.8 Å². The maximum Gasteiger partial charge on any atom is 0.266 e. The van der Waals surface area contributed by atoms with Crippen LogP contribution in [0.3, 0.4) is 0 Å². The molecule has 1 aromatic heterocycles. The second-order valence-electron chi connectivity index (χ2n) is 7.48. The molecular formula is C25H25N3O2S2. The highest BCUT2D eigenvalue weighted by molar-refractivity contribution is 8.26. The average Bonchev–Trinajstić information content (AvgIpc) is 3.35. The van der Waals surface area contributed by atoms with E-state index in [2.05, 4.69) is 6.92 Å². The van der Waals surface area contributed by atoms with E-state index in [0.29, 0.717) is 15.8 Å². The molecule has 0 saturated carbocycles. The average molecular weight is 464 g/mol. The van der Waals surface area contributed by atoms with Crippen molar-refractivity contribution in [1.82, 2.24) is 14.7 Å². The van der Waals surface area contributed by atoms with E-state index in [9.17, 15) is 4.79 Å². The molecule has 3 aromatic rings. The summed E-state index contributed by atoms with van der Waals surface area (Å²) in [6.45, 7) is 6.63. The molecule has 2 heterocycles. The Morgan fingerprint density at radius 2 is 1.94 bits per heavy atom. The second kappa shape index (κ2) is 9.71. The maximum atomic E-state index is 13.1. The number of aromatic nitrogens is 2. The molecule has 0 bridgehead atoms. The van der Waals surface area contributed by atoms with Crippen LogP contribution in [0.25, 0.3) is 23.0 Å². The van der Waals surface area contributed by atoms with Gasteiger partial charge in [-0.05, 0) is 50.6 Å². The van der Waals surface area contributed by atoms with Crippen LogP contribution in [0.15, 0.2) is 65.7 Å². The van der Waals surface area contributed by atoms with Gasteiger partial charge < -0.3 is 4.74 Å². The first-order valence-electron chi connectivity index (χ1n) is 10.7. The van der Waals surface area contributed by atoms with E-state index in [1.165, 1.54) is 11.8 Å². The zero-order valence-corrected chi connectivity index (χ0v) is 20.0. The van der Waals surface area contributed by atoms with Gasteiger partial charge in [0, 0.05) is 23.4 Å². The number of benzene rings is 2. The largest absolute Gasteiger partial charge is 0.494 e. The molecule has 7 heteroatoms. The molecule has 1 fully saturated rings. The van der Waals surface area contributed by atoms with Crippen molar-refractivity contribution in [3.8, 4) is 22.7 Å². The van der Waals surface area contributed by atoms with Gasteiger partial charge >= 0.3 is 0 Å². The fourth-order valence-electron chi connectivity index (χ4n) is 3.51. The summed E-state index contributed by atoms with van der Waals surface area (Å²) in [6, 6.07) is 17.9. The Labute approximate surface area is 198 Å². The number of carbonyl (C=O) groups excluding carboxylic acids is 1. The first-order valence-corrected chi connectivity index (χ1v) is 11.9. The molecule has 32 heavy (non-hydrogen) atoms. The molecule has 1 amide bonds. The van der Waals surface area contributed by atoms with Gasteiger partial charge in [0.15, 0.2) is 0 Å². The van der Waals surface area contributed by atoms with Crippen LogP contribution in [0.2, 0.25) is 0 Å². The minimum atomic E-state index is -0.0455. The topological polar surface area (TPSA) is 47.4 Å². The van der Waals surface area contributed by atoms with Crippen molar-refractivity contribution in [1.29, 1.82) is 0 Å². The molecule has 2 aromatic carbocycles. The highest BCUT2D eigenvalue weighted by Gasteiger charge is 2.35. The van der Waals surface area contributed by atoms with E-state index in [4.69, 9.17) is 22.1 Å². The number of hydrogen-bond donors (Lipinski definition) is 0. The number of rotatable bonds is 7. The summed E-state index contributed by atoms with van der Waals surface area (Å²) in [6.07, 6.45) is 4.70. The summed E-state index contributed by atoms with van der Waals surface area (Å²) in [5, 5.41) is 4.86. The highest BCUT2D eigenvalue weighted by Crippen LogP contribution is 2.36. The van der Waals surface area contributed by atoms with E-state index in [0.717, 1.165) is 34.7 Å². The molecule has 1 aliphatic rings. The monoisotopic (exact) mass is 463 g/mol. The Balaban J connectivity index is 1.80. The van der Waals surface area contributed by atoms with Gasteiger partial charge in [0.05, 0.1) is 17.2 Å². The first-order chi connectivity index (χ1) is 15.5. The van der Waals surface area contributed by atoms with Crippen molar-refractivity contribution in [2.45, 2.75) is 33.2 Å². The summed E-state index contributed by atoms with van der Waals surface area (Å²) < 4.78 is 8.12. The standard InChI is InChI=1S/C25H25N3O2S2/c1-4-17(3)28-24(29)22(32-25(28)31)15-19-16-27(20-11-7-6-8-12-20)26-23(19)18-10-9-13-21(14-18)30-5-2/h6-17H,4-5H2,1-3H3/b22-15-. The third-order valence-electron chi connectivity index (χ3n) is 5.32. The molecule has 1 aliphatic heterocycles. The van der Waals surface area contributed by atoms with Crippen LogP contribution in [0.4, 0.5) is 0 Å². The molecule has 1 unspecified atom stereocenters. The van der Waals surface area contributed by atoms with Crippen molar-refractivity contribution in [2.24, 2.45) is 0 Å². The van der Waals surface area contributed by atoms with Crippen LogP contribution in [-0.4, -0.2) is 37.6 Å². The van der Waals surface area contributed by atoms with Gasteiger partial charge in [0.2, 0.25) is 0 Å². The number of nitrogens with zero attached hydrogens (tertiary/aromatic N) is 3. The lowest BCUT2D eigenvalue weighted by Crippen LogP contribution is -2.36. The Morgan fingerprint density at radius 3 is 2.66 bits per heavy atom. The van der Waals surface area contributed by atoms with E-state index >= 15 is 0 Å². The van der Waals surface area contributed by atoms with E-state index in [-0.39, 0.29) is 11.9 Å². The van der Waals surface area contributed by atoms with Gasteiger partial charge in [-0.3, -0.25) is 9.69 Å². The molecule has 0 aliphatic carbocycles. The number of amides is 1. The number of carbonyl (C=O) groups is 1. The molecule has 0 N–H and O–H groups in total. The summed E-state index contributed by atoms with van der Waals surface area (Å²) in [5.41, 5.74) is 3.51. The first kappa shape index (κ1) is 22.3. The number of ether oxygens (including phenoxy) is 1. The zero-order valence-electron chi connectivity index (χ0n) is 18.3. The minimum absolute atomic E-state index is 0.0455. The summed E-state index contributed by atoms with van der Waals surface area (Å²) in [4.78, 5) is 15.4. The lowest BCUT2D eigenvalue weighted by Gasteiger charge is -2.21. The predicted octanol–water partition coefficient (Wildman–Crippen LogP) is 5.94. The third kappa shape index (κ3) is 4.49. The zero-order chi connectivity index (χ0) is 22.7. The molecule has 1 atom stereocenters. The van der Waals surface area contributed by atoms with Crippen molar-refractivity contribution >= 4 is 40.3 Å². The molecule has 0 spiro atoms.